The van der Waals surface area contributed by atoms with E-state index in [1.807, 2.05) is 12.1 Å². The van der Waals surface area contributed by atoms with E-state index in [2.05, 4.69) is 28.6 Å². The summed E-state index contributed by atoms with van der Waals surface area (Å²) in [7, 11) is -0.893. The van der Waals surface area contributed by atoms with Crippen molar-refractivity contribution in [2.24, 2.45) is 0 Å². The van der Waals surface area contributed by atoms with Crippen molar-refractivity contribution < 1.29 is 4.21 Å². The first-order chi connectivity index (χ1) is 8.66. The summed E-state index contributed by atoms with van der Waals surface area (Å²) in [6.07, 6.45) is 1.80. The highest BCUT2D eigenvalue weighted by atomic mass is 32.2. The van der Waals surface area contributed by atoms with E-state index in [0.29, 0.717) is 12.1 Å². The topological polar surface area (TPSA) is 36.4 Å². The summed E-state index contributed by atoms with van der Waals surface area (Å²) in [6, 6.07) is 4.74. The summed E-state index contributed by atoms with van der Waals surface area (Å²) in [5, 5.41) is 0. The average molecular weight is 265 g/mol. The number of fused-ring (bicyclic) bond motifs is 3. The largest absolute Gasteiger partial charge is 0.349 e. The highest BCUT2D eigenvalue weighted by Crippen LogP contribution is 2.31. The van der Waals surface area contributed by atoms with Crippen LogP contribution >= 0.6 is 0 Å². The molecule has 1 saturated heterocycles. The molecule has 1 aromatic heterocycles. The number of pyridine rings is 1. The van der Waals surface area contributed by atoms with E-state index >= 15 is 0 Å². The van der Waals surface area contributed by atoms with Crippen LogP contribution in [0.25, 0.3) is 0 Å². The molecule has 1 aromatic rings. The van der Waals surface area contributed by atoms with Crippen LogP contribution in [0.5, 0.6) is 0 Å². The SMILES string of the molecule is CC(C)N1CCN2c3ncccc3S(=O)C[C@H]2C1. The predicted octanol–water partition coefficient (Wildman–Crippen LogP) is 1.10. The van der Waals surface area contributed by atoms with Crippen molar-refractivity contribution in [2.45, 2.75) is 30.8 Å². The van der Waals surface area contributed by atoms with E-state index in [0.717, 1.165) is 36.1 Å². The van der Waals surface area contributed by atoms with Crippen molar-refractivity contribution in [3.8, 4) is 0 Å². The lowest BCUT2D eigenvalue weighted by Gasteiger charge is -2.46. The molecule has 0 radical (unpaired) electrons. The molecule has 5 heteroatoms. The highest BCUT2D eigenvalue weighted by Gasteiger charge is 2.36. The van der Waals surface area contributed by atoms with Crippen molar-refractivity contribution >= 4 is 16.6 Å². The Hall–Kier alpha value is -0.940. The predicted molar refractivity (Wildman–Crippen MR) is 73.4 cm³/mol. The summed E-state index contributed by atoms with van der Waals surface area (Å²) >= 11 is 0. The molecule has 2 aliphatic rings. The van der Waals surface area contributed by atoms with Crippen LogP contribution in [-0.4, -0.2) is 51.6 Å². The van der Waals surface area contributed by atoms with Gasteiger partial charge in [0.1, 0.15) is 5.82 Å². The van der Waals surface area contributed by atoms with Crippen LogP contribution < -0.4 is 4.90 Å². The van der Waals surface area contributed by atoms with E-state index in [9.17, 15) is 4.21 Å². The molecule has 2 atom stereocenters. The van der Waals surface area contributed by atoms with E-state index in [1.165, 1.54) is 0 Å². The fourth-order valence-electron chi connectivity index (χ4n) is 2.81. The second-order valence-corrected chi connectivity index (χ2v) is 6.74. The lowest BCUT2D eigenvalue weighted by Crippen LogP contribution is -2.58. The zero-order valence-electron chi connectivity index (χ0n) is 10.9. The fraction of sp³-hybridized carbons (Fsp3) is 0.615. The molecule has 4 nitrogen and oxygen atoms in total. The first-order valence-electron chi connectivity index (χ1n) is 6.51. The maximum absolute atomic E-state index is 12.2. The number of hydrogen-bond donors (Lipinski definition) is 0. The third-order valence-electron chi connectivity index (χ3n) is 3.86. The van der Waals surface area contributed by atoms with Crippen molar-refractivity contribution in [1.82, 2.24) is 9.88 Å². The van der Waals surface area contributed by atoms with E-state index < -0.39 is 10.8 Å². The van der Waals surface area contributed by atoms with Gasteiger partial charge in [-0.1, -0.05) is 0 Å². The van der Waals surface area contributed by atoms with Gasteiger partial charge in [0.05, 0.1) is 27.5 Å². The molecule has 1 fully saturated rings. The first kappa shape index (κ1) is 12.1. The van der Waals surface area contributed by atoms with Crippen LogP contribution in [-0.2, 0) is 10.8 Å². The van der Waals surface area contributed by atoms with Crippen molar-refractivity contribution in [1.29, 1.82) is 0 Å². The highest BCUT2D eigenvalue weighted by molar-refractivity contribution is 7.85. The molecule has 0 bridgehead atoms. The summed E-state index contributed by atoms with van der Waals surface area (Å²) in [6.45, 7) is 7.50. The van der Waals surface area contributed by atoms with Crippen LogP contribution in [0.3, 0.4) is 0 Å². The van der Waals surface area contributed by atoms with Crippen molar-refractivity contribution in [3.63, 3.8) is 0 Å². The maximum atomic E-state index is 12.2. The van der Waals surface area contributed by atoms with Gasteiger partial charge in [0.25, 0.3) is 0 Å². The number of nitrogens with zero attached hydrogens (tertiary/aromatic N) is 3. The van der Waals surface area contributed by atoms with Crippen LogP contribution in [0.1, 0.15) is 13.8 Å². The Morgan fingerprint density at radius 1 is 1.44 bits per heavy atom. The summed E-state index contributed by atoms with van der Waals surface area (Å²) in [5.74, 6) is 1.68. The lowest BCUT2D eigenvalue weighted by molar-refractivity contribution is 0.185. The monoisotopic (exact) mass is 265 g/mol. The third kappa shape index (κ3) is 1.95. The number of aromatic nitrogens is 1. The Morgan fingerprint density at radius 3 is 3.06 bits per heavy atom. The van der Waals surface area contributed by atoms with Crippen LogP contribution in [0.15, 0.2) is 23.2 Å². The van der Waals surface area contributed by atoms with Gasteiger partial charge in [-0.25, -0.2) is 4.98 Å². The Bertz CT molecular complexity index is 477. The summed E-state index contributed by atoms with van der Waals surface area (Å²) < 4.78 is 12.2. The number of rotatable bonds is 1. The Kier molecular flexibility index (Phi) is 3.11. The molecule has 3 rings (SSSR count). The minimum Gasteiger partial charge on any atom is -0.349 e. The maximum Gasteiger partial charge on any atom is 0.145 e. The van der Waals surface area contributed by atoms with Crippen molar-refractivity contribution in [3.05, 3.63) is 18.3 Å². The third-order valence-corrected chi connectivity index (χ3v) is 5.35. The van der Waals surface area contributed by atoms with Crippen molar-refractivity contribution in [2.75, 3.05) is 30.3 Å². The van der Waals surface area contributed by atoms with Gasteiger partial charge in [-0.15, -0.1) is 0 Å². The molecule has 18 heavy (non-hydrogen) atoms. The van der Waals surface area contributed by atoms with Gasteiger partial charge in [0.2, 0.25) is 0 Å². The number of hydrogen-bond acceptors (Lipinski definition) is 4. The van der Waals surface area contributed by atoms with E-state index in [-0.39, 0.29) is 0 Å². The smallest absolute Gasteiger partial charge is 0.145 e. The van der Waals surface area contributed by atoms with Gasteiger partial charge in [-0.2, -0.15) is 0 Å². The summed E-state index contributed by atoms with van der Waals surface area (Å²) in [5.41, 5.74) is 0. The molecule has 0 saturated carbocycles. The van der Waals surface area contributed by atoms with Gasteiger partial charge >= 0.3 is 0 Å². The molecule has 2 aliphatic heterocycles. The van der Waals surface area contributed by atoms with E-state index in [4.69, 9.17) is 0 Å². The van der Waals surface area contributed by atoms with Crippen LogP contribution in [0.4, 0.5) is 5.82 Å². The fourth-order valence-corrected chi connectivity index (χ4v) is 4.23. The molecule has 98 valence electrons. The van der Waals surface area contributed by atoms with Gasteiger partial charge in [-0.3, -0.25) is 9.11 Å². The zero-order chi connectivity index (χ0) is 12.7. The van der Waals surface area contributed by atoms with Gasteiger partial charge in [-0.05, 0) is 26.0 Å². The Balaban J connectivity index is 1.90. The molecule has 0 aromatic carbocycles. The zero-order valence-corrected chi connectivity index (χ0v) is 11.7. The number of anilines is 1. The molecule has 0 aliphatic carbocycles. The van der Waals surface area contributed by atoms with Gasteiger partial charge in [0.15, 0.2) is 0 Å². The summed E-state index contributed by atoms with van der Waals surface area (Å²) in [4.78, 5) is 10.2. The molecule has 0 N–H and O–H groups in total. The standard InChI is InChI=1S/C13H19N3OS/c1-10(2)15-6-7-16-11(8-15)9-18(17)12-4-3-5-14-13(12)16/h3-5,10-11H,6-9H2,1-2H3/t11-,18?/m1/s1. The van der Waals surface area contributed by atoms with Crippen LogP contribution in [0.2, 0.25) is 0 Å². The van der Waals surface area contributed by atoms with Gasteiger partial charge in [0, 0.05) is 31.9 Å². The Labute approximate surface area is 110 Å². The minimum absolute atomic E-state index is 0.351. The van der Waals surface area contributed by atoms with E-state index in [1.54, 1.807) is 6.20 Å². The molecule has 1 unspecified atom stereocenters. The first-order valence-corrected chi connectivity index (χ1v) is 7.83. The molecule has 0 spiro atoms. The number of piperazine rings is 1. The Morgan fingerprint density at radius 2 is 2.28 bits per heavy atom. The molecule has 0 amide bonds. The second-order valence-electron chi connectivity index (χ2n) is 5.27. The van der Waals surface area contributed by atoms with Gasteiger partial charge < -0.3 is 4.90 Å². The molecular weight excluding hydrogens is 246 g/mol. The molecular formula is C13H19N3OS. The lowest BCUT2D eigenvalue weighted by atomic mass is 10.1. The quantitative estimate of drug-likeness (QED) is 0.762. The molecule has 3 heterocycles. The second kappa shape index (κ2) is 4.63. The normalized spacial score (nSPS) is 28.1. The minimum atomic E-state index is -0.893. The average Bonchev–Trinajstić information content (AvgIpc) is 2.38. The van der Waals surface area contributed by atoms with Crippen LogP contribution in [0, 0.1) is 0 Å².